The average Bonchev–Trinajstić information content (AvgIpc) is 3.27. The highest BCUT2D eigenvalue weighted by atomic mass is 32.1. The van der Waals surface area contributed by atoms with Gasteiger partial charge in [0.2, 0.25) is 0 Å². The van der Waals surface area contributed by atoms with Gasteiger partial charge in [-0.3, -0.25) is 14.6 Å². The Morgan fingerprint density at radius 3 is 2.50 bits per heavy atom. The molecule has 0 fully saturated rings. The van der Waals surface area contributed by atoms with E-state index in [2.05, 4.69) is 6.07 Å². The SMILES string of the molecule is COC(=O)C1C(C)=NC2=C(C(=O)C[C@@H](c3cccs3)C2)[C@@H]1c1ccc(N(C)C)cc1. The van der Waals surface area contributed by atoms with Gasteiger partial charge in [0, 0.05) is 59.9 Å². The Bertz CT molecular complexity index is 1020. The number of hydrogen-bond donors (Lipinski definition) is 0. The van der Waals surface area contributed by atoms with Crippen LogP contribution in [0.2, 0.25) is 0 Å². The number of benzene rings is 1. The van der Waals surface area contributed by atoms with Crippen molar-refractivity contribution >= 4 is 34.5 Å². The lowest BCUT2D eigenvalue weighted by molar-refractivity contribution is -0.143. The molecule has 5 nitrogen and oxygen atoms in total. The van der Waals surface area contributed by atoms with Crippen LogP contribution in [0.3, 0.4) is 0 Å². The predicted octanol–water partition coefficient (Wildman–Crippen LogP) is 4.56. The van der Waals surface area contributed by atoms with Crippen LogP contribution in [0.4, 0.5) is 5.69 Å². The predicted molar refractivity (Wildman–Crippen MR) is 120 cm³/mol. The number of Topliss-reactive ketones (excluding diaryl/α,β-unsaturated/α-hetero) is 1. The zero-order valence-corrected chi connectivity index (χ0v) is 18.5. The van der Waals surface area contributed by atoms with Gasteiger partial charge >= 0.3 is 5.97 Å². The number of methoxy groups -OCH3 is 1. The molecule has 1 aliphatic heterocycles. The fourth-order valence-electron chi connectivity index (χ4n) is 4.56. The van der Waals surface area contributed by atoms with E-state index >= 15 is 0 Å². The van der Waals surface area contributed by atoms with Crippen molar-refractivity contribution in [2.45, 2.75) is 31.6 Å². The van der Waals surface area contributed by atoms with Crippen LogP contribution in [0.1, 0.15) is 42.0 Å². The summed E-state index contributed by atoms with van der Waals surface area (Å²) in [6, 6.07) is 12.2. The molecule has 0 amide bonds. The number of carbonyl (C=O) groups is 2. The number of carbonyl (C=O) groups excluding carboxylic acids is 2. The lowest BCUT2D eigenvalue weighted by atomic mass is 9.70. The summed E-state index contributed by atoms with van der Waals surface area (Å²) in [5.74, 6) is -1.06. The molecule has 1 unspecified atom stereocenters. The van der Waals surface area contributed by atoms with Crippen molar-refractivity contribution in [1.29, 1.82) is 0 Å². The number of nitrogens with zero attached hydrogens (tertiary/aromatic N) is 2. The van der Waals surface area contributed by atoms with Gasteiger partial charge in [0.1, 0.15) is 5.92 Å². The zero-order valence-electron chi connectivity index (χ0n) is 17.7. The molecule has 1 aromatic heterocycles. The van der Waals surface area contributed by atoms with E-state index in [1.165, 1.54) is 12.0 Å². The number of hydrogen-bond acceptors (Lipinski definition) is 6. The van der Waals surface area contributed by atoms with Gasteiger partial charge in [-0.1, -0.05) is 18.2 Å². The van der Waals surface area contributed by atoms with E-state index < -0.39 is 5.92 Å². The maximum absolute atomic E-state index is 13.4. The second-order valence-electron chi connectivity index (χ2n) is 8.12. The topological polar surface area (TPSA) is 59.0 Å². The Morgan fingerprint density at radius 1 is 1.17 bits per heavy atom. The fourth-order valence-corrected chi connectivity index (χ4v) is 5.39. The Hall–Kier alpha value is -2.73. The van der Waals surface area contributed by atoms with E-state index in [9.17, 15) is 9.59 Å². The molecule has 0 saturated heterocycles. The van der Waals surface area contributed by atoms with Crippen LogP contribution in [-0.2, 0) is 14.3 Å². The summed E-state index contributed by atoms with van der Waals surface area (Å²) in [5, 5.41) is 2.04. The molecule has 4 rings (SSSR count). The fraction of sp³-hybridized carbons (Fsp3) is 0.375. The average molecular weight is 423 g/mol. The van der Waals surface area contributed by atoms with Gasteiger partial charge in [0.05, 0.1) is 7.11 Å². The van der Waals surface area contributed by atoms with Gasteiger partial charge in [-0.25, -0.2) is 0 Å². The van der Waals surface area contributed by atoms with Crippen molar-refractivity contribution < 1.29 is 14.3 Å². The molecule has 1 aliphatic carbocycles. The second kappa shape index (κ2) is 8.19. The number of allylic oxidation sites excluding steroid dienone is 2. The first-order valence-electron chi connectivity index (χ1n) is 10.1. The standard InChI is InChI=1S/C24H26N2O3S/c1-14-21(24(28)29-4)22(15-7-9-17(10-8-15)26(2)3)23-18(25-14)12-16(13-19(23)27)20-6-5-11-30-20/h5-11,16,21-22H,12-13H2,1-4H3/t16-,21?,22+/m0/s1. The molecule has 0 bridgehead atoms. The van der Waals surface area contributed by atoms with Gasteiger partial charge in [-0.05, 0) is 42.5 Å². The Kier molecular flexibility index (Phi) is 5.60. The van der Waals surface area contributed by atoms with Gasteiger partial charge in [-0.2, -0.15) is 0 Å². The van der Waals surface area contributed by atoms with Crippen LogP contribution in [0.15, 0.2) is 58.0 Å². The Morgan fingerprint density at radius 2 is 1.90 bits per heavy atom. The van der Waals surface area contributed by atoms with Crippen LogP contribution in [0, 0.1) is 5.92 Å². The number of thiophene rings is 1. The molecular weight excluding hydrogens is 396 g/mol. The van der Waals surface area contributed by atoms with Crippen molar-refractivity contribution in [2.24, 2.45) is 10.9 Å². The third kappa shape index (κ3) is 3.60. The van der Waals surface area contributed by atoms with Gasteiger partial charge in [0.25, 0.3) is 0 Å². The van der Waals surface area contributed by atoms with Crippen LogP contribution in [0.25, 0.3) is 0 Å². The van der Waals surface area contributed by atoms with Gasteiger partial charge < -0.3 is 9.64 Å². The minimum Gasteiger partial charge on any atom is -0.468 e. The molecule has 3 atom stereocenters. The number of anilines is 1. The molecule has 0 N–H and O–H groups in total. The molecule has 2 heterocycles. The normalized spacial score (nSPS) is 23.7. The molecule has 1 aromatic carbocycles. The number of esters is 1. The first-order valence-corrected chi connectivity index (χ1v) is 11.0. The minimum atomic E-state index is -0.582. The lowest BCUT2D eigenvalue weighted by Crippen LogP contribution is -2.37. The number of aliphatic imine (C=N–C) groups is 1. The summed E-state index contributed by atoms with van der Waals surface area (Å²) >= 11 is 1.68. The van der Waals surface area contributed by atoms with Gasteiger partial charge in [-0.15, -0.1) is 11.3 Å². The van der Waals surface area contributed by atoms with Crippen LogP contribution in [-0.4, -0.2) is 38.7 Å². The van der Waals surface area contributed by atoms with E-state index in [1.807, 2.05) is 61.6 Å². The van der Waals surface area contributed by atoms with Crippen LogP contribution in [0.5, 0.6) is 0 Å². The summed E-state index contributed by atoms with van der Waals surface area (Å²) < 4.78 is 5.11. The Balaban J connectivity index is 1.80. The minimum absolute atomic E-state index is 0.0847. The molecule has 6 heteroatoms. The summed E-state index contributed by atoms with van der Waals surface area (Å²) in [4.78, 5) is 34.1. The highest BCUT2D eigenvalue weighted by Gasteiger charge is 2.44. The third-order valence-electron chi connectivity index (χ3n) is 6.06. The maximum Gasteiger partial charge on any atom is 0.315 e. The van der Waals surface area contributed by atoms with E-state index in [4.69, 9.17) is 9.73 Å². The first-order chi connectivity index (χ1) is 14.4. The van der Waals surface area contributed by atoms with E-state index in [-0.39, 0.29) is 23.6 Å². The van der Waals surface area contributed by atoms with Crippen LogP contribution < -0.4 is 4.90 Å². The van der Waals surface area contributed by atoms with E-state index in [1.54, 1.807) is 11.3 Å². The third-order valence-corrected chi connectivity index (χ3v) is 7.09. The van der Waals surface area contributed by atoms with Crippen molar-refractivity contribution in [2.75, 3.05) is 26.1 Å². The summed E-state index contributed by atoms with van der Waals surface area (Å²) in [5.41, 5.74) is 4.23. The molecule has 30 heavy (non-hydrogen) atoms. The van der Waals surface area contributed by atoms with E-state index in [0.717, 1.165) is 23.4 Å². The first kappa shape index (κ1) is 20.5. The number of ketones is 1. The van der Waals surface area contributed by atoms with Crippen molar-refractivity contribution in [1.82, 2.24) is 0 Å². The molecule has 2 aromatic rings. The van der Waals surface area contributed by atoms with Crippen molar-refractivity contribution in [3.8, 4) is 0 Å². The zero-order chi connectivity index (χ0) is 21.4. The van der Waals surface area contributed by atoms with Gasteiger partial charge in [0.15, 0.2) is 5.78 Å². The highest BCUT2D eigenvalue weighted by Crippen LogP contribution is 2.47. The van der Waals surface area contributed by atoms with Crippen molar-refractivity contribution in [3.63, 3.8) is 0 Å². The highest BCUT2D eigenvalue weighted by molar-refractivity contribution is 7.10. The smallest absolute Gasteiger partial charge is 0.315 e. The maximum atomic E-state index is 13.4. The van der Waals surface area contributed by atoms with Crippen LogP contribution >= 0.6 is 11.3 Å². The molecular formula is C24H26N2O3S. The summed E-state index contributed by atoms with van der Waals surface area (Å²) in [6.07, 6.45) is 1.17. The molecule has 0 radical (unpaired) electrons. The number of rotatable bonds is 4. The number of ether oxygens (including phenoxy) is 1. The largest absolute Gasteiger partial charge is 0.468 e. The molecule has 0 saturated carbocycles. The Labute approximate surface area is 181 Å². The van der Waals surface area contributed by atoms with E-state index in [0.29, 0.717) is 17.7 Å². The monoisotopic (exact) mass is 422 g/mol. The van der Waals surface area contributed by atoms with Crippen molar-refractivity contribution in [3.05, 3.63) is 63.5 Å². The molecule has 0 spiro atoms. The molecule has 156 valence electrons. The second-order valence-corrected chi connectivity index (χ2v) is 9.10. The lowest BCUT2D eigenvalue weighted by Gasteiger charge is -2.36. The quantitative estimate of drug-likeness (QED) is 0.678. The summed E-state index contributed by atoms with van der Waals surface area (Å²) in [7, 11) is 5.36. The molecule has 2 aliphatic rings. The summed E-state index contributed by atoms with van der Waals surface area (Å²) in [6.45, 7) is 1.87.